The molecule has 3 rings (SSSR count). The van der Waals surface area contributed by atoms with Gasteiger partial charge in [-0.2, -0.15) is 4.99 Å². The monoisotopic (exact) mass is 431 g/mol. The van der Waals surface area contributed by atoms with Crippen molar-refractivity contribution in [3.63, 3.8) is 0 Å². The van der Waals surface area contributed by atoms with Gasteiger partial charge in [-0.05, 0) is 18.2 Å². The van der Waals surface area contributed by atoms with Gasteiger partial charge < -0.3 is 18.8 Å². The van der Waals surface area contributed by atoms with Crippen LogP contribution in [-0.4, -0.2) is 42.7 Å². The molecule has 0 bridgehead atoms. The summed E-state index contributed by atoms with van der Waals surface area (Å²) in [6.45, 7) is -0.208. The van der Waals surface area contributed by atoms with Crippen LogP contribution < -0.4 is 14.3 Å². The van der Waals surface area contributed by atoms with Gasteiger partial charge in [-0.25, -0.2) is 0 Å². The zero-order valence-electron chi connectivity index (χ0n) is 16.3. The van der Waals surface area contributed by atoms with Crippen LogP contribution in [0.1, 0.15) is 10.4 Å². The minimum Gasteiger partial charge on any atom is -0.497 e. The fraction of sp³-hybridized carbons (Fsp3) is 0.211. The molecule has 0 saturated heterocycles. The van der Waals surface area contributed by atoms with Gasteiger partial charge in [-0.3, -0.25) is 19.7 Å². The molecule has 0 aliphatic carbocycles. The number of esters is 1. The summed E-state index contributed by atoms with van der Waals surface area (Å²) in [7, 11) is 4.15. The van der Waals surface area contributed by atoms with Gasteiger partial charge in [0.1, 0.15) is 18.0 Å². The largest absolute Gasteiger partial charge is 0.497 e. The molecule has 0 saturated carbocycles. The predicted octanol–water partition coefficient (Wildman–Crippen LogP) is 2.54. The van der Waals surface area contributed by atoms with E-state index in [1.165, 1.54) is 50.2 Å². The van der Waals surface area contributed by atoms with Crippen molar-refractivity contribution in [3.05, 3.63) is 56.9 Å². The number of nitro groups is 1. The molecule has 11 heteroatoms. The molecular formula is C19H17N3O7S. The number of non-ortho nitro benzene ring substituents is 1. The van der Waals surface area contributed by atoms with E-state index < -0.39 is 16.8 Å². The van der Waals surface area contributed by atoms with Crippen molar-refractivity contribution in [1.29, 1.82) is 0 Å². The standard InChI is InChI=1S/C19H17N3O7S/c1-27-12-5-6-13(15(9-12)28-2)18(24)20-19-21(10-17(23)29-3)14-7-4-11(22(25)26)8-16(14)30-19/h4-9H,10H2,1-3H3. The number of methoxy groups -OCH3 is 3. The minimum atomic E-state index is -0.603. The normalized spacial score (nSPS) is 11.4. The maximum absolute atomic E-state index is 12.8. The fourth-order valence-electron chi connectivity index (χ4n) is 2.73. The van der Waals surface area contributed by atoms with Crippen LogP contribution in [0.15, 0.2) is 41.4 Å². The van der Waals surface area contributed by atoms with E-state index in [0.29, 0.717) is 16.0 Å². The van der Waals surface area contributed by atoms with Crippen LogP contribution in [0, 0.1) is 10.1 Å². The minimum absolute atomic E-state index is 0.108. The summed E-state index contributed by atoms with van der Waals surface area (Å²) >= 11 is 1.05. The van der Waals surface area contributed by atoms with E-state index in [1.807, 2.05) is 0 Å². The molecule has 2 aromatic carbocycles. The zero-order valence-corrected chi connectivity index (χ0v) is 17.1. The van der Waals surface area contributed by atoms with Crippen molar-refractivity contribution in [2.75, 3.05) is 21.3 Å². The van der Waals surface area contributed by atoms with Crippen LogP contribution in [0.5, 0.6) is 11.5 Å². The molecule has 156 valence electrons. The van der Waals surface area contributed by atoms with Gasteiger partial charge in [0.05, 0.1) is 42.0 Å². The Labute approximate surface area is 174 Å². The smallest absolute Gasteiger partial charge is 0.325 e. The van der Waals surface area contributed by atoms with Gasteiger partial charge in [0.15, 0.2) is 4.80 Å². The Kier molecular flexibility index (Phi) is 6.11. The summed E-state index contributed by atoms with van der Waals surface area (Å²) in [5.74, 6) is -0.365. The number of ether oxygens (including phenoxy) is 3. The van der Waals surface area contributed by atoms with Gasteiger partial charge >= 0.3 is 5.97 Å². The maximum atomic E-state index is 12.8. The van der Waals surface area contributed by atoms with Crippen molar-refractivity contribution < 1.29 is 28.7 Å². The average Bonchev–Trinajstić information content (AvgIpc) is 3.08. The molecule has 0 atom stereocenters. The lowest BCUT2D eigenvalue weighted by atomic mass is 10.2. The van der Waals surface area contributed by atoms with E-state index in [9.17, 15) is 19.7 Å². The fourth-order valence-corrected chi connectivity index (χ4v) is 3.79. The first-order valence-electron chi connectivity index (χ1n) is 8.53. The van der Waals surface area contributed by atoms with Gasteiger partial charge in [0.25, 0.3) is 11.6 Å². The first-order chi connectivity index (χ1) is 14.4. The van der Waals surface area contributed by atoms with Crippen LogP contribution in [0.2, 0.25) is 0 Å². The van der Waals surface area contributed by atoms with Crippen molar-refractivity contribution in [3.8, 4) is 11.5 Å². The third-order valence-corrected chi connectivity index (χ3v) is 5.27. The number of fused-ring (bicyclic) bond motifs is 1. The number of nitro benzene ring substituents is 1. The lowest BCUT2D eigenvalue weighted by molar-refractivity contribution is -0.384. The number of rotatable bonds is 6. The molecule has 1 amide bonds. The second-order valence-electron chi connectivity index (χ2n) is 5.94. The molecule has 0 aliphatic rings. The van der Waals surface area contributed by atoms with Gasteiger partial charge in [0, 0.05) is 18.2 Å². The highest BCUT2D eigenvalue weighted by Gasteiger charge is 2.17. The van der Waals surface area contributed by atoms with Crippen LogP contribution in [0.4, 0.5) is 5.69 Å². The molecule has 0 unspecified atom stereocenters. The first kappa shape index (κ1) is 21.0. The van der Waals surface area contributed by atoms with E-state index >= 15 is 0 Å². The quantitative estimate of drug-likeness (QED) is 0.334. The Hall–Kier alpha value is -3.73. The number of hydrogen-bond acceptors (Lipinski definition) is 8. The van der Waals surface area contributed by atoms with E-state index in [1.54, 1.807) is 12.1 Å². The summed E-state index contributed by atoms with van der Waals surface area (Å²) in [4.78, 5) is 39.6. The van der Waals surface area contributed by atoms with Crippen LogP contribution >= 0.6 is 11.3 Å². The van der Waals surface area contributed by atoms with Crippen LogP contribution in [0.25, 0.3) is 10.2 Å². The average molecular weight is 431 g/mol. The number of thiazole rings is 1. The number of carbonyl (C=O) groups excluding carboxylic acids is 2. The third-order valence-electron chi connectivity index (χ3n) is 4.23. The number of benzene rings is 2. The van der Waals surface area contributed by atoms with Crippen molar-refractivity contribution in [2.45, 2.75) is 6.54 Å². The van der Waals surface area contributed by atoms with E-state index in [-0.39, 0.29) is 28.3 Å². The first-order valence-corrected chi connectivity index (χ1v) is 9.35. The second kappa shape index (κ2) is 8.74. The Morgan fingerprint density at radius 1 is 1.13 bits per heavy atom. The number of nitrogens with zero attached hydrogens (tertiary/aromatic N) is 3. The highest BCUT2D eigenvalue weighted by atomic mass is 32.1. The van der Waals surface area contributed by atoms with Crippen molar-refractivity contribution in [2.24, 2.45) is 4.99 Å². The summed E-state index contributed by atoms with van der Waals surface area (Å²) in [5.41, 5.74) is 0.610. The van der Waals surface area contributed by atoms with Crippen molar-refractivity contribution in [1.82, 2.24) is 4.57 Å². The third kappa shape index (κ3) is 4.15. The summed E-state index contributed by atoms with van der Waals surface area (Å²) in [6.07, 6.45) is 0. The van der Waals surface area contributed by atoms with Crippen molar-refractivity contribution >= 4 is 39.1 Å². The van der Waals surface area contributed by atoms with Crippen LogP contribution in [-0.2, 0) is 16.1 Å². The summed E-state index contributed by atoms with van der Waals surface area (Å²) in [5, 5.41) is 11.1. The zero-order chi connectivity index (χ0) is 21.8. The van der Waals surface area contributed by atoms with E-state index in [0.717, 1.165) is 11.3 Å². The molecule has 0 spiro atoms. The molecule has 0 radical (unpaired) electrons. The Bertz CT molecular complexity index is 1210. The molecule has 1 heterocycles. The van der Waals surface area contributed by atoms with Crippen LogP contribution in [0.3, 0.4) is 0 Å². The molecule has 0 aliphatic heterocycles. The highest BCUT2D eigenvalue weighted by Crippen LogP contribution is 2.26. The molecule has 30 heavy (non-hydrogen) atoms. The molecule has 1 aromatic heterocycles. The summed E-state index contributed by atoms with van der Waals surface area (Å²) < 4.78 is 17.1. The molecular weight excluding hydrogens is 414 g/mol. The molecule has 3 aromatic rings. The Balaban J connectivity index is 2.16. The maximum Gasteiger partial charge on any atom is 0.325 e. The Morgan fingerprint density at radius 2 is 1.90 bits per heavy atom. The topological polar surface area (TPSA) is 122 Å². The SMILES string of the molecule is COC(=O)Cn1c(=NC(=O)c2ccc(OC)cc2OC)sc2cc([N+](=O)[O-])ccc21. The summed E-state index contributed by atoms with van der Waals surface area (Å²) in [6, 6.07) is 8.87. The number of aromatic nitrogens is 1. The van der Waals surface area contributed by atoms with E-state index in [4.69, 9.17) is 14.2 Å². The lowest BCUT2D eigenvalue weighted by Crippen LogP contribution is -2.22. The highest BCUT2D eigenvalue weighted by molar-refractivity contribution is 7.16. The van der Waals surface area contributed by atoms with Gasteiger partial charge in [0.2, 0.25) is 0 Å². The molecule has 10 nitrogen and oxygen atoms in total. The molecule has 0 fully saturated rings. The predicted molar refractivity (Wildman–Crippen MR) is 108 cm³/mol. The van der Waals surface area contributed by atoms with Gasteiger partial charge in [-0.15, -0.1) is 0 Å². The van der Waals surface area contributed by atoms with Gasteiger partial charge in [-0.1, -0.05) is 11.3 Å². The Morgan fingerprint density at radius 3 is 2.53 bits per heavy atom. The number of amides is 1. The number of carbonyl (C=O) groups is 2. The second-order valence-corrected chi connectivity index (χ2v) is 6.95. The van der Waals surface area contributed by atoms with E-state index in [2.05, 4.69) is 4.99 Å². The lowest BCUT2D eigenvalue weighted by Gasteiger charge is -2.07. The molecule has 0 N–H and O–H groups in total. The number of hydrogen-bond donors (Lipinski definition) is 0.